The molecule has 2 aromatic carbocycles. The van der Waals surface area contributed by atoms with Gasteiger partial charge in [-0.2, -0.15) is 0 Å². The first-order valence-electron chi connectivity index (χ1n) is 10.3. The second-order valence-corrected chi connectivity index (χ2v) is 7.34. The molecule has 0 spiro atoms. The van der Waals surface area contributed by atoms with Crippen LogP contribution in [0, 0.1) is 6.92 Å². The van der Waals surface area contributed by atoms with Gasteiger partial charge in [0.05, 0.1) is 6.54 Å². The lowest BCUT2D eigenvalue weighted by Crippen LogP contribution is -2.48. The molecule has 0 aromatic heterocycles. The average molecular weight is 380 g/mol. The molecule has 2 N–H and O–H groups in total. The molecule has 0 bridgehead atoms. The molecule has 2 aromatic rings. The third kappa shape index (κ3) is 6.66. The van der Waals surface area contributed by atoms with Gasteiger partial charge in [-0.05, 0) is 31.2 Å². The Labute approximate surface area is 169 Å². The molecule has 0 radical (unpaired) electrons. The normalized spacial score (nSPS) is 16.1. The molecule has 28 heavy (non-hydrogen) atoms. The van der Waals surface area contributed by atoms with Crippen molar-refractivity contribution < 1.29 is 0 Å². The third-order valence-electron chi connectivity index (χ3n) is 5.21. The second kappa shape index (κ2) is 10.8. The number of nitrogens with zero attached hydrogens (tertiary/aromatic N) is 3. The van der Waals surface area contributed by atoms with Crippen molar-refractivity contribution in [2.45, 2.75) is 20.4 Å². The largest absolute Gasteiger partial charge is 0.355 e. The van der Waals surface area contributed by atoms with Crippen molar-refractivity contribution in [2.75, 3.05) is 51.1 Å². The number of rotatable bonds is 7. The van der Waals surface area contributed by atoms with Crippen LogP contribution in [0.5, 0.6) is 0 Å². The topological polar surface area (TPSA) is 42.9 Å². The van der Waals surface area contributed by atoms with Crippen LogP contribution < -0.4 is 10.6 Å². The third-order valence-corrected chi connectivity index (χ3v) is 5.21. The van der Waals surface area contributed by atoms with Gasteiger partial charge < -0.3 is 15.5 Å². The first-order chi connectivity index (χ1) is 13.7. The van der Waals surface area contributed by atoms with Crippen molar-refractivity contribution in [1.29, 1.82) is 0 Å². The zero-order valence-corrected chi connectivity index (χ0v) is 17.2. The number of aryl methyl sites for hydroxylation is 1. The molecule has 0 saturated carbocycles. The quantitative estimate of drug-likeness (QED) is 0.573. The molecule has 5 nitrogen and oxygen atoms in total. The molecule has 1 saturated heterocycles. The van der Waals surface area contributed by atoms with Crippen LogP contribution in [0.15, 0.2) is 59.6 Å². The highest BCUT2D eigenvalue weighted by molar-refractivity contribution is 5.93. The van der Waals surface area contributed by atoms with Gasteiger partial charge in [-0.1, -0.05) is 55.0 Å². The lowest BCUT2D eigenvalue weighted by atomic mass is 10.1. The van der Waals surface area contributed by atoms with E-state index in [4.69, 9.17) is 4.99 Å². The molecule has 5 heteroatoms. The van der Waals surface area contributed by atoms with Crippen LogP contribution in [0.1, 0.15) is 18.1 Å². The summed E-state index contributed by atoms with van der Waals surface area (Å²) < 4.78 is 0. The molecule has 0 aliphatic carbocycles. The predicted octanol–water partition coefficient (Wildman–Crippen LogP) is 3.19. The smallest absolute Gasteiger partial charge is 0.196 e. The molecule has 0 unspecified atom stereocenters. The average Bonchev–Trinajstić information content (AvgIpc) is 2.74. The van der Waals surface area contributed by atoms with Crippen molar-refractivity contribution in [1.82, 2.24) is 15.1 Å². The number of anilines is 1. The molecule has 0 atom stereocenters. The first-order valence-corrected chi connectivity index (χ1v) is 10.3. The highest BCUT2D eigenvalue weighted by Gasteiger charge is 2.14. The van der Waals surface area contributed by atoms with E-state index in [2.05, 4.69) is 70.7 Å². The molecule has 1 aliphatic rings. The summed E-state index contributed by atoms with van der Waals surface area (Å²) in [6.07, 6.45) is 0. The monoisotopic (exact) mass is 379 g/mol. The Balaban J connectivity index is 1.54. The number of likely N-dealkylation sites (N-methyl/N-ethyl adjacent to an activating group) is 1. The Morgan fingerprint density at radius 1 is 0.929 bits per heavy atom. The lowest BCUT2D eigenvalue weighted by Gasteiger charge is -2.34. The number of benzene rings is 2. The second-order valence-electron chi connectivity index (χ2n) is 7.34. The molecule has 1 aliphatic heterocycles. The fraction of sp³-hybridized carbons (Fsp3) is 0.435. The lowest BCUT2D eigenvalue weighted by molar-refractivity contribution is 0.139. The van der Waals surface area contributed by atoms with Crippen molar-refractivity contribution in [3.8, 4) is 0 Å². The van der Waals surface area contributed by atoms with Gasteiger partial charge in [0, 0.05) is 45.0 Å². The van der Waals surface area contributed by atoms with Gasteiger partial charge in [0.15, 0.2) is 5.96 Å². The van der Waals surface area contributed by atoms with Crippen LogP contribution in [-0.2, 0) is 6.54 Å². The first kappa shape index (κ1) is 20.4. The Morgan fingerprint density at radius 2 is 1.61 bits per heavy atom. The van der Waals surface area contributed by atoms with Crippen molar-refractivity contribution in [3.63, 3.8) is 0 Å². The van der Waals surface area contributed by atoms with E-state index in [9.17, 15) is 0 Å². The summed E-state index contributed by atoms with van der Waals surface area (Å²) in [5.41, 5.74) is 3.54. The molecule has 0 amide bonds. The Hall–Kier alpha value is -2.37. The maximum Gasteiger partial charge on any atom is 0.196 e. The Morgan fingerprint density at radius 3 is 2.29 bits per heavy atom. The van der Waals surface area contributed by atoms with E-state index < -0.39 is 0 Å². The maximum atomic E-state index is 4.79. The zero-order chi connectivity index (χ0) is 19.6. The summed E-state index contributed by atoms with van der Waals surface area (Å²) in [6.45, 7) is 12.7. The molecular formula is C23H33N5. The number of guanidine groups is 1. The summed E-state index contributed by atoms with van der Waals surface area (Å²) in [6, 6.07) is 18.8. The SMILES string of the molecule is CCN1CCN(CCNC(=NCc2ccc(C)cc2)Nc2ccccc2)CC1. The summed E-state index contributed by atoms with van der Waals surface area (Å²) in [7, 11) is 0. The van der Waals surface area contributed by atoms with E-state index in [0.29, 0.717) is 6.54 Å². The van der Waals surface area contributed by atoms with E-state index in [1.54, 1.807) is 0 Å². The standard InChI is InChI=1S/C23H33N5/c1-3-27-15-17-28(18-16-27)14-13-24-23(26-22-7-5-4-6-8-22)25-19-21-11-9-20(2)10-12-21/h4-12H,3,13-19H2,1-2H3,(H2,24,25,26). The highest BCUT2D eigenvalue weighted by Crippen LogP contribution is 2.07. The van der Waals surface area contributed by atoms with Crippen LogP contribution in [0.4, 0.5) is 5.69 Å². The summed E-state index contributed by atoms with van der Waals surface area (Å²) in [5, 5.41) is 6.93. The van der Waals surface area contributed by atoms with E-state index in [1.807, 2.05) is 18.2 Å². The number of para-hydroxylation sites is 1. The van der Waals surface area contributed by atoms with E-state index in [1.165, 1.54) is 24.2 Å². The maximum absolute atomic E-state index is 4.79. The summed E-state index contributed by atoms with van der Waals surface area (Å²) >= 11 is 0. The van der Waals surface area contributed by atoms with Crippen LogP contribution in [0.25, 0.3) is 0 Å². The number of piperazine rings is 1. The minimum absolute atomic E-state index is 0.664. The van der Waals surface area contributed by atoms with Gasteiger partial charge in [0.1, 0.15) is 0 Å². The van der Waals surface area contributed by atoms with Gasteiger partial charge >= 0.3 is 0 Å². The molecule has 3 rings (SSSR count). The molecule has 1 fully saturated rings. The van der Waals surface area contributed by atoms with E-state index >= 15 is 0 Å². The highest BCUT2D eigenvalue weighted by atomic mass is 15.3. The van der Waals surface area contributed by atoms with Crippen molar-refractivity contribution in [2.24, 2.45) is 4.99 Å². The number of nitrogens with one attached hydrogen (secondary N) is 2. The van der Waals surface area contributed by atoms with Gasteiger partial charge in [0.25, 0.3) is 0 Å². The van der Waals surface area contributed by atoms with Gasteiger partial charge in [-0.3, -0.25) is 4.90 Å². The molecular weight excluding hydrogens is 346 g/mol. The predicted molar refractivity (Wildman–Crippen MR) is 119 cm³/mol. The van der Waals surface area contributed by atoms with Gasteiger partial charge in [-0.25, -0.2) is 4.99 Å². The van der Waals surface area contributed by atoms with E-state index in [-0.39, 0.29) is 0 Å². The minimum atomic E-state index is 0.664. The van der Waals surface area contributed by atoms with Gasteiger partial charge in [-0.15, -0.1) is 0 Å². The summed E-state index contributed by atoms with van der Waals surface area (Å²) in [5.74, 6) is 0.832. The van der Waals surface area contributed by atoms with Crippen LogP contribution in [-0.4, -0.2) is 61.6 Å². The fourth-order valence-electron chi connectivity index (χ4n) is 3.32. The number of hydrogen-bond acceptors (Lipinski definition) is 3. The Bertz CT molecular complexity index is 718. The van der Waals surface area contributed by atoms with Crippen molar-refractivity contribution >= 4 is 11.6 Å². The van der Waals surface area contributed by atoms with Crippen molar-refractivity contribution in [3.05, 3.63) is 65.7 Å². The number of hydrogen-bond donors (Lipinski definition) is 2. The van der Waals surface area contributed by atoms with Crippen LogP contribution in [0.3, 0.4) is 0 Å². The van der Waals surface area contributed by atoms with Crippen LogP contribution >= 0.6 is 0 Å². The molecule has 1 heterocycles. The number of aliphatic imine (C=N–C) groups is 1. The van der Waals surface area contributed by atoms with Gasteiger partial charge in [0.2, 0.25) is 0 Å². The summed E-state index contributed by atoms with van der Waals surface area (Å²) in [4.78, 5) is 9.83. The molecule has 150 valence electrons. The minimum Gasteiger partial charge on any atom is -0.355 e. The van der Waals surface area contributed by atoms with E-state index in [0.717, 1.165) is 44.4 Å². The fourth-order valence-corrected chi connectivity index (χ4v) is 3.32. The van der Waals surface area contributed by atoms with Crippen LogP contribution in [0.2, 0.25) is 0 Å². The zero-order valence-electron chi connectivity index (χ0n) is 17.2. The Kier molecular flexibility index (Phi) is 7.88.